The first-order chi connectivity index (χ1) is 9.17. The maximum absolute atomic E-state index is 12.4. The zero-order chi connectivity index (χ0) is 13.3. The Hall–Kier alpha value is -0.740. The van der Waals surface area contributed by atoms with Gasteiger partial charge in [0.1, 0.15) is 10.8 Å². The Bertz CT molecular complexity index is 462. The smallest absolute Gasteiger partial charge is 0.142 e. The van der Waals surface area contributed by atoms with E-state index in [-0.39, 0.29) is 11.5 Å². The van der Waals surface area contributed by atoms with Crippen molar-refractivity contribution in [3.63, 3.8) is 0 Å². The molecule has 1 aliphatic carbocycles. The molecule has 4 heteroatoms. The fourth-order valence-corrected chi connectivity index (χ4v) is 4.23. The monoisotopic (exact) mass is 279 g/mol. The molecule has 0 N–H and O–H groups in total. The van der Waals surface area contributed by atoms with Crippen LogP contribution in [0.15, 0.2) is 5.38 Å². The molecule has 19 heavy (non-hydrogen) atoms. The number of carbonyl (C=O) groups excluding carboxylic acids is 1. The third-order valence-corrected chi connectivity index (χ3v) is 5.42. The van der Waals surface area contributed by atoms with E-state index >= 15 is 0 Å². The molecular formula is C15H21NO2S. The van der Waals surface area contributed by atoms with Crippen molar-refractivity contribution < 1.29 is 9.53 Å². The first-order valence-corrected chi connectivity index (χ1v) is 8.13. The van der Waals surface area contributed by atoms with E-state index in [2.05, 4.69) is 4.98 Å². The molecule has 3 nitrogen and oxygen atoms in total. The molecular weight excluding hydrogens is 258 g/mol. The quantitative estimate of drug-likeness (QED) is 0.852. The van der Waals surface area contributed by atoms with Crippen LogP contribution in [-0.4, -0.2) is 23.0 Å². The number of hydrogen-bond donors (Lipinski definition) is 0. The molecule has 1 aromatic rings. The zero-order valence-electron chi connectivity index (χ0n) is 11.5. The topological polar surface area (TPSA) is 39.2 Å². The fourth-order valence-electron chi connectivity index (χ4n) is 3.45. The normalized spacial score (nSPS) is 25.8. The number of carbonyl (C=O) groups is 1. The molecule has 0 amide bonds. The van der Waals surface area contributed by atoms with Crippen LogP contribution in [0.1, 0.15) is 49.2 Å². The van der Waals surface area contributed by atoms with Gasteiger partial charge >= 0.3 is 0 Å². The van der Waals surface area contributed by atoms with Crippen LogP contribution in [0.4, 0.5) is 0 Å². The highest BCUT2D eigenvalue weighted by molar-refractivity contribution is 7.09. The molecule has 1 unspecified atom stereocenters. The summed E-state index contributed by atoms with van der Waals surface area (Å²) in [6.07, 6.45) is 7.15. The second kappa shape index (κ2) is 5.33. The van der Waals surface area contributed by atoms with Crippen molar-refractivity contribution >= 4 is 17.1 Å². The van der Waals surface area contributed by atoms with Gasteiger partial charge in [-0.2, -0.15) is 0 Å². The molecule has 104 valence electrons. The summed E-state index contributed by atoms with van der Waals surface area (Å²) in [5, 5.41) is 2.99. The van der Waals surface area contributed by atoms with Gasteiger partial charge in [0.05, 0.1) is 12.0 Å². The van der Waals surface area contributed by atoms with Crippen LogP contribution in [-0.2, 0) is 16.0 Å². The van der Waals surface area contributed by atoms with E-state index in [1.807, 2.05) is 12.3 Å². The summed E-state index contributed by atoms with van der Waals surface area (Å²) in [5.74, 6) is 0.556. The fraction of sp³-hybridized carbons (Fsp3) is 0.733. The summed E-state index contributed by atoms with van der Waals surface area (Å²) in [4.78, 5) is 16.8. The number of nitrogens with zero attached hydrogens (tertiary/aromatic N) is 1. The Labute approximate surface area is 118 Å². The van der Waals surface area contributed by atoms with Gasteiger partial charge in [-0.15, -0.1) is 11.3 Å². The van der Waals surface area contributed by atoms with E-state index < -0.39 is 0 Å². The number of Topliss-reactive ketones (excluding diaryl/α,β-unsaturated/α-hetero) is 1. The molecule has 1 saturated heterocycles. The Morgan fingerprint density at radius 1 is 1.53 bits per heavy atom. The molecule has 1 atom stereocenters. The van der Waals surface area contributed by atoms with Gasteiger partial charge in [-0.3, -0.25) is 4.79 Å². The van der Waals surface area contributed by atoms with E-state index in [0.29, 0.717) is 12.2 Å². The molecule has 1 aromatic heterocycles. The molecule has 3 rings (SSSR count). The lowest BCUT2D eigenvalue weighted by Crippen LogP contribution is -2.40. The van der Waals surface area contributed by atoms with Gasteiger partial charge in [0.15, 0.2) is 0 Å². The Morgan fingerprint density at radius 2 is 2.32 bits per heavy atom. The SMILES string of the molecule is Cc1csc(CC(=O)C2CCOC3(CCCC3)C2)n1. The maximum atomic E-state index is 12.4. The zero-order valence-corrected chi connectivity index (χ0v) is 12.3. The third-order valence-electron chi connectivity index (χ3n) is 4.46. The minimum absolute atomic E-state index is 0.0391. The lowest BCUT2D eigenvalue weighted by molar-refractivity contribution is -0.135. The Kier molecular flexibility index (Phi) is 3.72. The van der Waals surface area contributed by atoms with Crippen molar-refractivity contribution in [1.29, 1.82) is 0 Å². The average molecular weight is 279 g/mol. The van der Waals surface area contributed by atoms with E-state index in [4.69, 9.17) is 4.74 Å². The molecule has 0 aromatic carbocycles. The maximum Gasteiger partial charge on any atom is 0.142 e. The highest BCUT2D eigenvalue weighted by Crippen LogP contribution is 2.42. The van der Waals surface area contributed by atoms with Crippen LogP contribution >= 0.6 is 11.3 Å². The van der Waals surface area contributed by atoms with Crippen molar-refractivity contribution in [3.05, 3.63) is 16.1 Å². The number of ketones is 1. The second-order valence-corrected chi connectivity index (χ2v) is 6.90. The van der Waals surface area contributed by atoms with Crippen LogP contribution in [0, 0.1) is 12.8 Å². The molecule has 2 fully saturated rings. The molecule has 1 saturated carbocycles. The standard InChI is InChI=1S/C15H21NO2S/c1-11-10-19-14(16-11)8-13(17)12-4-7-18-15(9-12)5-2-3-6-15/h10,12H,2-9H2,1H3. The number of aryl methyl sites for hydroxylation is 1. The Balaban J connectivity index is 1.63. The van der Waals surface area contributed by atoms with E-state index in [9.17, 15) is 4.79 Å². The van der Waals surface area contributed by atoms with Crippen LogP contribution in [0.5, 0.6) is 0 Å². The van der Waals surface area contributed by atoms with Gasteiger partial charge in [0.25, 0.3) is 0 Å². The lowest BCUT2D eigenvalue weighted by atomic mass is 9.82. The predicted octanol–water partition coefficient (Wildman–Crippen LogP) is 3.30. The third kappa shape index (κ3) is 2.90. The van der Waals surface area contributed by atoms with Crippen molar-refractivity contribution in [2.45, 2.75) is 57.5 Å². The predicted molar refractivity (Wildman–Crippen MR) is 75.4 cm³/mol. The van der Waals surface area contributed by atoms with Crippen LogP contribution in [0.2, 0.25) is 0 Å². The molecule has 1 spiro atoms. The number of ether oxygens (including phenoxy) is 1. The van der Waals surface area contributed by atoms with Gasteiger partial charge in [0.2, 0.25) is 0 Å². The molecule has 0 bridgehead atoms. The number of thiazole rings is 1. The summed E-state index contributed by atoms with van der Waals surface area (Å²) in [7, 11) is 0. The number of hydrogen-bond acceptors (Lipinski definition) is 4. The minimum Gasteiger partial charge on any atom is -0.375 e. The van der Waals surface area contributed by atoms with Crippen LogP contribution in [0.3, 0.4) is 0 Å². The minimum atomic E-state index is 0.0391. The molecule has 2 heterocycles. The van der Waals surface area contributed by atoms with Gasteiger partial charge in [-0.05, 0) is 32.6 Å². The van der Waals surface area contributed by atoms with Crippen molar-refractivity contribution in [2.75, 3.05) is 6.61 Å². The number of aromatic nitrogens is 1. The Morgan fingerprint density at radius 3 is 3.00 bits per heavy atom. The van der Waals surface area contributed by atoms with Crippen LogP contribution in [0.25, 0.3) is 0 Å². The molecule has 2 aliphatic rings. The number of rotatable bonds is 3. The van der Waals surface area contributed by atoms with Gasteiger partial charge in [-0.25, -0.2) is 4.98 Å². The molecule has 0 radical (unpaired) electrons. The van der Waals surface area contributed by atoms with Gasteiger partial charge < -0.3 is 4.74 Å². The second-order valence-electron chi connectivity index (χ2n) is 5.95. The summed E-state index contributed by atoms with van der Waals surface area (Å²) < 4.78 is 6.00. The van der Waals surface area contributed by atoms with E-state index in [1.165, 1.54) is 12.8 Å². The van der Waals surface area contributed by atoms with Crippen LogP contribution < -0.4 is 0 Å². The first kappa shape index (κ1) is 13.3. The summed E-state index contributed by atoms with van der Waals surface area (Å²) >= 11 is 1.60. The van der Waals surface area contributed by atoms with Gasteiger partial charge in [-0.1, -0.05) is 12.8 Å². The van der Waals surface area contributed by atoms with Crippen molar-refractivity contribution in [2.24, 2.45) is 5.92 Å². The summed E-state index contributed by atoms with van der Waals surface area (Å²) in [6, 6.07) is 0. The van der Waals surface area contributed by atoms with E-state index in [1.54, 1.807) is 11.3 Å². The average Bonchev–Trinajstić information content (AvgIpc) is 3.00. The summed E-state index contributed by atoms with van der Waals surface area (Å²) in [6.45, 7) is 2.74. The van der Waals surface area contributed by atoms with Crippen molar-refractivity contribution in [3.8, 4) is 0 Å². The highest BCUT2D eigenvalue weighted by atomic mass is 32.1. The van der Waals surface area contributed by atoms with E-state index in [0.717, 1.165) is 43.0 Å². The largest absolute Gasteiger partial charge is 0.375 e. The van der Waals surface area contributed by atoms with Gasteiger partial charge in [0, 0.05) is 23.6 Å². The molecule has 1 aliphatic heterocycles. The lowest BCUT2D eigenvalue weighted by Gasteiger charge is -2.37. The summed E-state index contributed by atoms with van der Waals surface area (Å²) in [5.41, 5.74) is 1.06. The van der Waals surface area contributed by atoms with Crippen molar-refractivity contribution in [1.82, 2.24) is 4.98 Å². The first-order valence-electron chi connectivity index (χ1n) is 7.25. The highest BCUT2D eigenvalue weighted by Gasteiger charge is 2.41.